The molecular formula is C12H13F3O2Zn. The van der Waals surface area contributed by atoms with Crippen molar-refractivity contribution in [1.29, 1.82) is 0 Å². The number of rotatable bonds is 3. The fraction of sp³-hybridized carbons (Fsp3) is 0.417. The normalized spacial score (nSPS) is 13.6. The van der Waals surface area contributed by atoms with Crippen molar-refractivity contribution in [2.24, 2.45) is 5.41 Å². The number of hydrogen-bond donors (Lipinski definition) is 1. The second kappa shape index (κ2) is 5.83. The molecule has 1 rings (SSSR count). The summed E-state index contributed by atoms with van der Waals surface area (Å²) in [4.78, 5) is 11.0. The van der Waals surface area contributed by atoms with Crippen LogP contribution in [0.25, 0.3) is 0 Å². The minimum Gasteiger partial charge on any atom is -0.481 e. The van der Waals surface area contributed by atoms with E-state index in [1.165, 1.54) is 24.3 Å². The summed E-state index contributed by atoms with van der Waals surface area (Å²) >= 11 is 0. The SMILES string of the molecule is CC(C)(C(=O)O)C(c1ccccc1)C(F)(F)F.[Zn]. The van der Waals surface area contributed by atoms with Crippen molar-refractivity contribution in [2.75, 3.05) is 0 Å². The fourth-order valence-corrected chi connectivity index (χ4v) is 1.78. The van der Waals surface area contributed by atoms with Gasteiger partial charge in [0.05, 0.1) is 11.3 Å². The molecule has 0 aliphatic rings. The summed E-state index contributed by atoms with van der Waals surface area (Å²) in [5.74, 6) is -3.49. The van der Waals surface area contributed by atoms with Crippen molar-refractivity contribution in [3.8, 4) is 0 Å². The first kappa shape index (κ1) is 17.1. The Morgan fingerprint density at radius 1 is 1.17 bits per heavy atom. The molecule has 0 bridgehead atoms. The Kier molecular flexibility index (Phi) is 5.54. The number of carboxylic acids is 1. The third-order valence-electron chi connectivity index (χ3n) is 2.73. The monoisotopic (exact) mass is 310 g/mol. The van der Waals surface area contributed by atoms with Crippen molar-refractivity contribution in [1.82, 2.24) is 0 Å². The predicted octanol–water partition coefficient (Wildman–Crippen LogP) is 3.44. The van der Waals surface area contributed by atoms with Gasteiger partial charge in [-0.25, -0.2) is 0 Å². The molecule has 0 heterocycles. The first-order valence-corrected chi connectivity index (χ1v) is 5.02. The molecule has 0 aliphatic heterocycles. The predicted molar refractivity (Wildman–Crippen MR) is 56.7 cm³/mol. The van der Waals surface area contributed by atoms with Crippen LogP contribution >= 0.6 is 0 Å². The van der Waals surface area contributed by atoms with E-state index in [1.807, 2.05) is 0 Å². The van der Waals surface area contributed by atoms with Gasteiger partial charge in [-0.1, -0.05) is 30.3 Å². The molecule has 0 aromatic heterocycles. The van der Waals surface area contributed by atoms with E-state index in [0.29, 0.717) is 0 Å². The Balaban J connectivity index is 0.00000289. The van der Waals surface area contributed by atoms with E-state index < -0.39 is 23.5 Å². The third-order valence-corrected chi connectivity index (χ3v) is 2.73. The molecule has 0 aliphatic carbocycles. The first-order chi connectivity index (χ1) is 7.67. The van der Waals surface area contributed by atoms with Gasteiger partial charge in [0.15, 0.2) is 0 Å². The average Bonchev–Trinajstić information content (AvgIpc) is 2.16. The standard InChI is InChI=1S/C12H13F3O2.Zn/c1-11(2,10(16)17)9(12(13,14)15)8-6-4-3-5-7-8;/h3-7,9H,1-2H3,(H,16,17);. The maximum atomic E-state index is 13.0. The number of aliphatic carboxylic acids is 1. The van der Waals surface area contributed by atoms with Crippen LogP contribution in [0.2, 0.25) is 0 Å². The number of benzene rings is 1. The summed E-state index contributed by atoms with van der Waals surface area (Å²) in [5, 5.41) is 8.94. The van der Waals surface area contributed by atoms with E-state index in [-0.39, 0.29) is 25.0 Å². The molecule has 2 nitrogen and oxygen atoms in total. The quantitative estimate of drug-likeness (QED) is 0.868. The zero-order valence-electron chi connectivity index (χ0n) is 10.2. The van der Waals surface area contributed by atoms with Gasteiger partial charge in [0.2, 0.25) is 0 Å². The molecule has 6 heteroatoms. The van der Waals surface area contributed by atoms with E-state index in [2.05, 4.69) is 0 Å². The molecule has 0 radical (unpaired) electrons. The van der Waals surface area contributed by atoms with E-state index in [9.17, 15) is 18.0 Å². The second-order valence-electron chi connectivity index (χ2n) is 4.41. The Bertz CT molecular complexity index is 402. The first-order valence-electron chi connectivity index (χ1n) is 5.02. The van der Waals surface area contributed by atoms with Gasteiger partial charge in [-0.05, 0) is 19.4 Å². The molecule has 1 atom stereocenters. The van der Waals surface area contributed by atoms with Crippen molar-refractivity contribution in [3.05, 3.63) is 35.9 Å². The second-order valence-corrected chi connectivity index (χ2v) is 4.41. The minimum atomic E-state index is -4.59. The number of alkyl halides is 3. The van der Waals surface area contributed by atoms with E-state index in [0.717, 1.165) is 13.8 Å². The third kappa shape index (κ3) is 3.55. The van der Waals surface area contributed by atoms with Gasteiger partial charge in [0.1, 0.15) is 0 Å². The van der Waals surface area contributed by atoms with E-state index in [4.69, 9.17) is 5.11 Å². The van der Waals surface area contributed by atoms with Gasteiger partial charge in [0.25, 0.3) is 0 Å². The molecule has 0 spiro atoms. The van der Waals surface area contributed by atoms with Crippen LogP contribution in [0.5, 0.6) is 0 Å². The van der Waals surface area contributed by atoms with Crippen LogP contribution in [0.3, 0.4) is 0 Å². The van der Waals surface area contributed by atoms with Crippen LogP contribution in [-0.4, -0.2) is 17.3 Å². The topological polar surface area (TPSA) is 37.3 Å². The fourth-order valence-electron chi connectivity index (χ4n) is 1.78. The summed E-state index contributed by atoms with van der Waals surface area (Å²) in [7, 11) is 0. The maximum Gasteiger partial charge on any atom is 0.396 e. The molecule has 18 heavy (non-hydrogen) atoms. The van der Waals surface area contributed by atoms with Crippen molar-refractivity contribution in [3.63, 3.8) is 0 Å². The Hall–Kier alpha value is -0.897. The van der Waals surface area contributed by atoms with Crippen LogP contribution in [0.1, 0.15) is 25.3 Å². The number of halogens is 3. The zero-order valence-corrected chi connectivity index (χ0v) is 13.1. The molecule has 0 fully saturated rings. The maximum absolute atomic E-state index is 13.0. The minimum absolute atomic E-state index is 0. The van der Waals surface area contributed by atoms with Gasteiger partial charge in [0, 0.05) is 19.5 Å². The smallest absolute Gasteiger partial charge is 0.396 e. The van der Waals surface area contributed by atoms with Crippen molar-refractivity contribution >= 4 is 5.97 Å². The molecular weight excluding hydrogens is 299 g/mol. The molecule has 1 N–H and O–H groups in total. The molecule has 1 aromatic carbocycles. The Labute approximate surface area is 116 Å². The van der Waals surface area contributed by atoms with Crippen LogP contribution in [-0.2, 0) is 24.3 Å². The Morgan fingerprint density at radius 2 is 1.61 bits per heavy atom. The molecule has 0 saturated carbocycles. The number of hydrogen-bond acceptors (Lipinski definition) is 1. The summed E-state index contributed by atoms with van der Waals surface area (Å²) in [6, 6.07) is 7.11. The van der Waals surface area contributed by atoms with Gasteiger partial charge in [-0.3, -0.25) is 4.79 Å². The van der Waals surface area contributed by atoms with Crippen molar-refractivity contribution < 1.29 is 42.6 Å². The summed E-state index contributed by atoms with van der Waals surface area (Å²) < 4.78 is 39.0. The van der Waals surface area contributed by atoms with Crippen LogP contribution in [0, 0.1) is 5.41 Å². The van der Waals surface area contributed by atoms with Gasteiger partial charge in [-0.2, -0.15) is 13.2 Å². The zero-order chi connectivity index (χ0) is 13.3. The average molecular weight is 312 g/mol. The van der Waals surface area contributed by atoms with Gasteiger partial charge < -0.3 is 5.11 Å². The Morgan fingerprint density at radius 3 is 1.94 bits per heavy atom. The number of carboxylic acid groups (broad SMARTS) is 1. The molecule has 96 valence electrons. The molecule has 0 amide bonds. The molecule has 1 unspecified atom stereocenters. The van der Waals surface area contributed by atoms with Gasteiger partial charge >= 0.3 is 12.1 Å². The summed E-state index contributed by atoms with van der Waals surface area (Å²) in [6.07, 6.45) is -4.59. The summed E-state index contributed by atoms with van der Waals surface area (Å²) in [6.45, 7) is 2.17. The number of carbonyl (C=O) groups is 1. The molecule has 1 aromatic rings. The van der Waals surface area contributed by atoms with Gasteiger partial charge in [-0.15, -0.1) is 0 Å². The van der Waals surface area contributed by atoms with Crippen LogP contribution in [0.4, 0.5) is 13.2 Å². The van der Waals surface area contributed by atoms with E-state index in [1.54, 1.807) is 6.07 Å². The van der Waals surface area contributed by atoms with Crippen LogP contribution in [0.15, 0.2) is 30.3 Å². The van der Waals surface area contributed by atoms with Crippen LogP contribution < -0.4 is 0 Å². The van der Waals surface area contributed by atoms with E-state index >= 15 is 0 Å². The van der Waals surface area contributed by atoms with Crippen molar-refractivity contribution in [2.45, 2.75) is 25.9 Å². The summed E-state index contributed by atoms with van der Waals surface area (Å²) in [5.41, 5.74) is -1.94. The molecule has 0 saturated heterocycles. The largest absolute Gasteiger partial charge is 0.481 e.